The summed E-state index contributed by atoms with van der Waals surface area (Å²) in [6.45, 7) is 4.04. The fourth-order valence-corrected chi connectivity index (χ4v) is 4.88. The number of nitrogens with zero attached hydrogens (tertiary/aromatic N) is 3. The summed E-state index contributed by atoms with van der Waals surface area (Å²) in [5.74, 6) is 0.942. The molecule has 1 fully saturated rings. The predicted octanol–water partition coefficient (Wildman–Crippen LogP) is 3.15. The lowest BCUT2D eigenvalue weighted by molar-refractivity contribution is -0.941. The van der Waals surface area contributed by atoms with E-state index in [9.17, 15) is 0 Å². The third-order valence-electron chi connectivity index (χ3n) is 4.74. The fourth-order valence-electron chi connectivity index (χ4n) is 3.62. The van der Waals surface area contributed by atoms with Gasteiger partial charge in [-0.15, -0.1) is 11.3 Å². The highest BCUT2D eigenvalue weighted by molar-refractivity contribution is 7.71. The monoisotopic (exact) mass is 357 g/mol. The minimum Gasteiger partial charge on any atom is -0.309 e. The third-order valence-corrected chi connectivity index (χ3v) is 6.12. The molecule has 2 atom stereocenters. The normalized spacial score (nSPS) is 20.5. The van der Waals surface area contributed by atoms with E-state index in [0.717, 1.165) is 23.0 Å². The smallest absolute Gasteiger partial charge is 0.207 e. The van der Waals surface area contributed by atoms with Crippen LogP contribution < -0.4 is 4.90 Å². The lowest BCUT2D eigenvalue weighted by Gasteiger charge is -2.20. The standard InChI is InChI=1S/C18H20N4S2/c1-14-19-21(18(23)22(14)15-7-3-2-4-8-15)13-20-11-5-9-16(20)17-10-6-12-24-17/h2-4,6-8,10,12,16H,5,9,11,13H2,1H3/p+1/t16-/m0/s1. The zero-order valence-electron chi connectivity index (χ0n) is 13.7. The average molecular weight is 358 g/mol. The number of hydrogen-bond donors (Lipinski definition) is 1. The van der Waals surface area contributed by atoms with E-state index in [2.05, 4.69) is 34.2 Å². The van der Waals surface area contributed by atoms with Gasteiger partial charge in [0, 0.05) is 18.5 Å². The van der Waals surface area contributed by atoms with E-state index in [-0.39, 0.29) is 0 Å². The first-order valence-electron chi connectivity index (χ1n) is 8.34. The van der Waals surface area contributed by atoms with Gasteiger partial charge in [0.05, 0.1) is 11.4 Å². The molecule has 1 aliphatic rings. The Morgan fingerprint density at radius 2 is 2.08 bits per heavy atom. The van der Waals surface area contributed by atoms with Crippen molar-refractivity contribution in [2.45, 2.75) is 32.5 Å². The van der Waals surface area contributed by atoms with Gasteiger partial charge in [0.15, 0.2) is 6.67 Å². The van der Waals surface area contributed by atoms with Gasteiger partial charge in [0.2, 0.25) is 4.77 Å². The van der Waals surface area contributed by atoms with E-state index < -0.39 is 0 Å². The average Bonchev–Trinajstić information content (AvgIpc) is 3.30. The largest absolute Gasteiger partial charge is 0.309 e. The van der Waals surface area contributed by atoms with Crippen LogP contribution >= 0.6 is 23.6 Å². The van der Waals surface area contributed by atoms with Crippen molar-refractivity contribution in [3.63, 3.8) is 0 Å². The summed E-state index contributed by atoms with van der Waals surface area (Å²) in [6.07, 6.45) is 2.52. The van der Waals surface area contributed by atoms with Crippen molar-refractivity contribution in [1.29, 1.82) is 0 Å². The number of nitrogens with one attached hydrogen (secondary N) is 1. The predicted molar refractivity (Wildman–Crippen MR) is 99.2 cm³/mol. The molecular formula is C18H21N4S2+. The van der Waals surface area contributed by atoms with Gasteiger partial charge in [-0.3, -0.25) is 4.57 Å². The zero-order valence-corrected chi connectivity index (χ0v) is 15.3. The topological polar surface area (TPSA) is 27.2 Å². The van der Waals surface area contributed by atoms with E-state index in [0.29, 0.717) is 6.04 Å². The van der Waals surface area contributed by atoms with Crippen LogP contribution in [0.4, 0.5) is 0 Å². The Bertz CT molecular complexity index is 864. The Labute approximate surface area is 151 Å². The molecule has 124 valence electrons. The fraction of sp³-hybridized carbons (Fsp3) is 0.333. The quantitative estimate of drug-likeness (QED) is 0.726. The highest BCUT2D eigenvalue weighted by Gasteiger charge is 2.31. The summed E-state index contributed by atoms with van der Waals surface area (Å²) in [4.78, 5) is 3.04. The number of likely N-dealkylation sites (tertiary alicyclic amines) is 1. The van der Waals surface area contributed by atoms with Gasteiger partial charge in [-0.2, -0.15) is 9.78 Å². The molecule has 1 saturated heterocycles. The lowest BCUT2D eigenvalue weighted by Crippen LogP contribution is -3.09. The van der Waals surface area contributed by atoms with Crippen LogP contribution in [0.15, 0.2) is 47.8 Å². The molecule has 4 nitrogen and oxygen atoms in total. The van der Waals surface area contributed by atoms with Crippen LogP contribution in [0.3, 0.4) is 0 Å². The Kier molecular flexibility index (Phi) is 4.35. The SMILES string of the molecule is Cc1nn(C[NH+]2CCC[C@H]2c2cccs2)c(=S)n1-c1ccccc1. The van der Waals surface area contributed by atoms with E-state index in [1.54, 1.807) is 4.90 Å². The second-order valence-electron chi connectivity index (χ2n) is 6.28. The minimum atomic E-state index is 0.578. The first-order chi connectivity index (χ1) is 11.7. The van der Waals surface area contributed by atoms with Crippen molar-refractivity contribution in [3.05, 3.63) is 63.3 Å². The van der Waals surface area contributed by atoms with Crippen LogP contribution in [0.25, 0.3) is 5.69 Å². The van der Waals surface area contributed by atoms with E-state index >= 15 is 0 Å². The molecule has 4 rings (SSSR count). The van der Waals surface area contributed by atoms with E-state index in [4.69, 9.17) is 17.3 Å². The molecule has 3 aromatic rings. The number of aromatic nitrogens is 3. The molecular weight excluding hydrogens is 336 g/mol. The molecule has 6 heteroatoms. The van der Waals surface area contributed by atoms with Crippen molar-refractivity contribution >= 4 is 23.6 Å². The van der Waals surface area contributed by atoms with Crippen LogP contribution in [0.2, 0.25) is 0 Å². The van der Waals surface area contributed by atoms with Crippen LogP contribution in [0, 0.1) is 11.7 Å². The number of quaternary nitrogens is 1. The number of benzene rings is 1. The minimum absolute atomic E-state index is 0.578. The molecule has 0 spiro atoms. The number of hydrogen-bond acceptors (Lipinski definition) is 3. The summed E-state index contributed by atoms with van der Waals surface area (Å²) in [5.41, 5.74) is 1.08. The van der Waals surface area contributed by atoms with E-state index in [1.807, 2.05) is 41.1 Å². The Balaban J connectivity index is 1.63. The van der Waals surface area contributed by atoms with Crippen molar-refractivity contribution in [2.75, 3.05) is 6.54 Å². The molecule has 3 heterocycles. The van der Waals surface area contributed by atoms with Gasteiger partial charge in [-0.05, 0) is 42.7 Å². The Morgan fingerprint density at radius 3 is 2.83 bits per heavy atom. The molecule has 24 heavy (non-hydrogen) atoms. The van der Waals surface area contributed by atoms with Crippen molar-refractivity contribution < 1.29 is 4.90 Å². The maximum atomic E-state index is 5.72. The summed E-state index contributed by atoms with van der Waals surface area (Å²) < 4.78 is 4.84. The van der Waals surface area contributed by atoms with E-state index in [1.165, 1.54) is 24.3 Å². The second kappa shape index (κ2) is 6.63. The summed E-state index contributed by atoms with van der Waals surface area (Å²) >= 11 is 7.58. The van der Waals surface area contributed by atoms with Crippen molar-refractivity contribution in [1.82, 2.24) is 14.3 Å². The number of rotatable bonds is 4. The third kappa shape index (κ3) is 2.85. The summed E-state index contributed by atoms with van der Waals surface area (Å²) in [7, 11) is 0. The van der Waals surface area contributed by atoms with Crippen molar-refractivity contribution in [3.8, 4) is 5.69 Å². The molecule has 0 radical (unpaired) electrons. The maximum absolute atomic E-state index is 5.72. The molecule has 0 amide bonds. The van der Waals surface area contributed by atoms with Crippen LogP contribution in [-0.4, -0.2) is 20.9 Å². The molecule has 1 aliphatic heterocycles. The first-order valence-corrected chi connectivity index (χ1v) is 9.62. The van der Waals surface area contributed by atoms with Gasteiger partial charge in [0.25, 0.3) is 0 Å². The van der Waals surface area contributed by atoms with Crippen LogP contribution in [0.1, 0.15) is 29.6 Å². The number of para-hydroxylation sites is 1. The first kappa shape index (κ1) is 15.7. The highest BCUT2D eigenvalue weighted by Crippen LogP contribution is 2.23. The molecule has 0 saturated carbocycles. The van der Waals surface area contributed by atoms with Crippen LogP contribution in [0.5, 0.6) is 0 Å². The Morgan fingerprint density at radius 1 is 1.25 bits per heavy atom. The molecule has 1 aromatic carbocycles. The molecule has 1 unspecified atom stereocenters. The maximum Gasteiger partial charge on any atom is 0.207 e. The van der Waals surface area contributed by atoms with Gasteiger partial charge in [-0.25, -0.2) is 0 Å². The van der Waals surface area contributed by atoms with Gasteiger partial charge in [0.1, 0.15) is 11.9 Å². The summed E-state index contributed by atoms with van der Waals surface area (Å²) in [6, 6.07) is 15.2. The number of thiophene rings is 1. The zero-order chi connectivity index (χ0) is 16.5. The van der Waals surface area contributed by atoms with Crippen LogP contribution in [-0.2, 0) is 6.67 Å². The lowest BCUT2D eigenvalue weighted by atomic mass is 10.2. The number of aryl methyl sites for hydroxylation is 1. The molecule has 0 bridgehead atoms. The van der Waals surface area contributed by atoms with Gasteiger partial charge >= 0.3 is 0 Å². The molecule has 2 aromatic heterocycles. The molecule has 1 N–H and O–H groups in total. The second-order valence-corrected chi connectivity index (χ2v) is 7.62. The van der Waals surface area contributed by atoms with Gasteiger partial charge < -0.3 is 4.90 Å². The van der Waals surface area contributed by atoms with Crippen molar-refractivity contribution in [2.24, 2.45) is 0 Å². The van der Waals surface area contributed by atoms with Gasteiger partial charge in [-0.1, -0.05) is 24.3 Å². The Hall–Kier alpha value is -1.76. The molecule has 0 aliphatic carbocycles. The highest BCUT2D eigenvalue weighted by atomic mass is 32.1. The summed E-state index contributed by atoms with van der Waals surface area (Å²) in [5, 5.41) is 6.90.